The minimum atomic E-state index is -0.815. The summed E-state index contributed by atoms with van der Waals surface area (Å²) in [6.07, 6.45) is -0.815. The maximum absolute atomic E-state index is 12.2. The van der Waals surface area contributed by atoms with Crippen molar-refractivity contribution in [1.29, 1.82) is 0 Å². The Morgan fingerprint density at radius 1 is 1.20 bits per heavy atom. The minimum Gasteiger partial charge on any atom is -0.387 e. The van der Waals surface area contributed by atoms with Crippen LogP contribution in [-0.2, 0) is 9.59 Å². The van der Waals surface area contributed by atoms with E-state index in [2.05, 4.69) is 0 Å². The zero-order valence-electron chi connectivity index (χ0n) is 12.0. The summed E-state index contributed by atoms with van der Waals surface area (Å²) in [6.45, 7) is 5.87. The number of imide groups is 1. The Labute approximate surface area is 118 Å². The van der Waals surface area contributed by atoms with Gasteiger partial charge in [-0.25, -0.2) is 0 Å². The van der Waals surface area contributed by atoms with Gasteiger partial charge in [0.25, 0.3) is 0 Å². The second-order valence-corrected chi connectivity index (χ2v) is 6.44. The van der Waals surface area contributed by atoms with Crippen molar-refractivity contribution in [3.63, 3.8) is 0 Å². The molecule has 1 N–H and O–H groups in total. The fraction of sp³-hybridized carbons (Fsp3) is 0.500. The van der Waals surface area contributed by atoms with Crippen LogP contribution in [0.25, 0.3) is 0 Å². The van der Waals surface area contributed by atoms with Crippen LogP contribution in [0.3, 0.4) is 0 Å². The van der Waals surface area contributed by atoms with Crippen LogP contribution < -0.4 is 0 Å². The average Bonchev–Trinajstić information content (AvgIpc) is 2.86. The highest BCUT2D eigenvalue weighted by Crippen LogP contribution is 2.63. The van der Waals surface area contributed by atoms with Crippen molar-refractivity contribution in [3.05, 3.63) is 35.4 Å². The molecular formula is C16H19NO3. The lowest BCUT2D eigenvalue weighted by atomic mass is 10.0. The van der Waals surface area contributed by atoms with Crippen LogP contribution >= 0.6 is 0 Å². The number of piperidine rings is 1. The maximum Gasteiger partial charge on any atom is 0.233 e. The van der Waals surface area contributed by atoms with Crippen molar-refractivity contribution in [2.45, 2.75) is 26.9 Å². The molecule has 2 aliphatic rings. The molecule has 1 aromatic carbocycles. The summed E-state index contributed by atoms with van der Waals surface area (Å²) in [5.74, 6) is -0.617. The van der Waals surface area contributed by atoms with E-state index in [9.17, 15) is 14.7 Å². The molecule has 1 aliphatic carbocycles. The van der Waals surface area contributed by atoms with E-state index in [1.807, 2.05) is 45.0 Å². The fourth-order valence-electron chi connectivity index (χ4n) is 3.42. The smallest absolute Gasteiger partial charge is 0.233 e. The van der Waals surface area contributed by atoms with Gasteiger partial charge in [-0.15, -0.1) is 0 Å². The van der Waals surface area contributed by atoms with Gasteiger partial charge < -0.3 is 5.11 Å². The Bertz CT molecular complexity index is 569. The zero-order chi connectivity index (χ0) is 14.7. The van der Waals surface area contributed by atoms with Crippen LogP contribution in [0.4, 0.5) is 0 Å². The highest BCUT2D eigenvalue weighted by molar-refractivity contribution is 6.10. The molecule has 0 bridgehead atoms. The number of likely N-dealkylation sites (tertiary alicyclic amines) is 1. The molecule has 0 aromatic heterocycles. The largest absolute Gasteiger partial charge is 0.387 e. The summed E-state index contributed by atoms with van der Waals surface area (Å²) < 4.78 is 0. The van der Waals surface area contributed by atoms with Gasteiger partial charge >= 0.3 is 0 Å². The van der Waals surface area contributed by atoms with E-state index in [4.69, 9.17) is 0 Å². The first kappa shape index (κ1) is 13.3. The molecule has 1 aliphatic heterocycles. The van der Waals surface area contributed by atoms with Gasteiger partial charge in [0.1, 0.15) is 0 Å². The lowest BCUT2D eigenvalue weighted by Gasteiger charge is -2.24. The van der Waals surface area contributed by atoms with Gasteiger partial charge in [0.2, 0.25) is 11.8 Å². The topological polar surface area (TPSA) is 57.6 Å². The fourth-order valence-corrected chi connectivity index (χ4v) is 3.42. The molecule has 20 heavy (non-hydrogen) atoms. The number of nitrogens with zero attached hydrogens (tertiary/aromatic N) is 1. The summed E-state index contributed by atoms with van der Waals surface area (Å²) in [5, 5.41) is 10.3. The SMILES string of the molecule is Cc1ccccc1C(O)CN1C(=O)C2C(C1=O)C2(C)C. The van der Waals surface area contributed by atoms with Crippen LogP contribution in [0.2, 0.25) is 0 Å². The van der Waals surface area contributed by atoms with E-state index in [1.165, 1.54) is 4.90 Å². The number of rotatable bonds is 3. The normalized spacial score (nSPS) is 28.5. The van der Waals surface area contributed by atoms with E-state index < -0.39 is 6.10 Å². The number of benzene rings is 1. The Balaban J connectivity index is 1.76. The number of aryl methyl sites for hydroxylation is 1. The summed E-state index contributed by atoms with van der Waals surface area (Å²) in [7, 11) is 0. The third-order valence-electron chi connectivity index (χ3n) is 4.79. The van der Waals surface area contributed by atoms with Gasteiger partial charge in [-0.3, -0.25) is 14.5 Å². The van der Waals surface area contributed by atoms with E-state index in [1.54, 1.807) is 0 Å². The van der Waals surface area contributed by atoms with Gasteiger partial charge in [-0.05, 0) is 23.5 Å². The van der Waals surface area contributed by atoms with Crippen molar-refractivity contribution in [1.82, 2.24) is 4.90 Å². The third-order valence-corrected chi connectivity index (χ3v) is 4.79. The molecule has 0 radical (unpaired) electrons. The minimum absolute atomic E-state index is 0.0611. The maximum atomic E-state index is 12.2. The monoisotopic (exact) mass is 273 g/mol. The van der Waals surface area contributed by atoms with Crippen molar-refractivity contribution < 1.29 is 14.7 Å². The molecule has 0 spiro atoms. The van der Waals surface area contributed by atoms with Crippen LogP contribution in [0.15, 0.2) is 24.3 Å². The number of hydrogen-bond donors (Lipinski definition) is 1. The van der Waals surface area contributed by atoms with Gasteiger partial charge in [-0.2, -0.15) is 0 Å². The number of amides is 2. The average molecular weight is 273 g/mol. The van der Waals surface area contributed by atoms with Crippen molar-refractivity contribution in [3.8, 4) is 0 Å². The van der Waals surface area contributed by atoms with E-state index in [0.717, 1.165) is 11.1 Å². The van der Waals surface area contributed by atoms with Crippen molar-refractivity contribution >= 4 is 11.8 Å². The Morgan fingerprint density at radius 3 is 2.30 bits per heavy atom. The first-order chi connectivity index (χ1) is 9.35. The van der Waals surface area contributed by atoms with Crippen LogP contribution in [-0.4, -0.2) is 28.4 Å². The second-order valence-electron chi connectivity index (χ2n) is 6.44. The number of carbonyl (C=O) groups excluding carboxylic acids is 2. The van der Waals surface area contributed by atoms with Crippen LogP contribution in [0.1, 0.15) is 31.1 Å². The summed E-state index contributed by atoms with van der Waals surface area (Å²) in [6, 6.07) is 7.48. The molecule has 106 valence electrons. The lowest BCUT2D eigenvalue weighted by molar-refractivity contribution is -0.144. The number of carbonyl (C=O) groups is 2. The summed E-state index contributed by atoms with van der Waals surface area (Å²) in [5.41, 5.74) is 1.54. The van der Waals surface area contributed by atoms with Crippen LogP contribution in [0.5, 0.6) is 0 Å². The molecule has 3 rings (SSSR count). The Kier molecular flexibility index (Phi) is 2.77. The predicted molar refractivity (Wildman–Crippen MR) is 73.6 cm³/mol. The number of β-amino-alcohol motifs (C(OH)–C–C–N with tert-alkyl or cyclic N) is 1. The van der Waals surface area contributed by atoms with E-state index in [-0.39, 0.29) is 35.6 Å². The van der Waals surface area contributed by atoms with Crippen molar-refractivity contribution in [2.75, 3.05) is 6.54 Å². The molecule has 4 heteroatoms. The lowest BCUT2D eigenvalue weighted by Crippen LogP contribution is -2.39. The summed E-state index contributed by atoms with van der Waals surface area (Å²) >= 11 is 0. The zero-order valence-corrected chi connectivity index (χ0v) is 12.0. The molecule has 3 unspecified atom stereocenters. The van der Waals surface area contributed by atoms with Gasteiger partial charge in [0, 0.05) is 0 Å². The molecule has 2 amide bonds. The molecule has 1 aromatic rings. The first-order valence-electron chi connectivity index (χ1n) is 6.94. The molecular weight excluding hydrogens is 254 g/mol. The molecule has 3 atom stereocenters. The third kappa shape index (κ3) is 1.71. The molecule has 2 fully saturated rings. The summed E-state index contributed by atoms with van der Waals surface area (Å²) in [4.78, 5) is 25.7. The van der Waals surface area contributed by atoms with E-state index >= 15 is 0 Å². The van der Waals surface area contributed by atoms with Crippen molar-refractivity contribution in [2.24, 2.45) is 17.3 Å². The quantitative estimate of drug-likeness (QED) is 0.852. The molecule has 1 heterocycles. The predicted octanol–water partition coefficient (Wildman–Crippen LogP) is 1.67. The van der Waals surface area contributed by atoms with Gasteiger partial charge in [0.05, 0.1) is 24.5 Å². The highest BCUT2D eigenvalue weighted by atomic mass is 16.3. The highest BCUT2D eigenvalue weighted by Gasteiger charge is 2.72. The Morgan fingerprint density at radius 2 is 1.75 bits per heavy atom. The Hall–Kier alpha value is -1.68. The van der Waals surface area contributed by atoms with Gasteiger partial charge in [0.15, 0.2) is 0 Å². The number of hydrogen-bond acceptors (Lipinski definition) is 3. The number of aliphatic hydroxyl groups is 1. The van der Waals surface area contributed by atoms with E-state index in [0.29, 0.717) is 0 Å². The molecule has 1 saturated heterocycles. The van der Waals surface area contributed by atoms with Crippen LogP contribution in [0, 0.1) is 24.2 Å². The first-order valence-corrected chi connectivity index (χ1v) is 6.94. The second kappa shape index (κ2) is 4.16. The number of fused-ring (bicyclic) bond motifs is 1. The molecule has 1 saturated carbocycles. The standard InChI is InChI=1S/C16H19NO3/c1-9-6-4-5-7-10(9)11(18)8-17-14(19)12-13(15(17)20)16(12,2)3/h4-7,11-13,18H,8H2,1-3H3. The van der Waals surface area contributed by atoms with Gasteiger partial charge in [-0.1, -0.05) is 38.1 Å². The number of aliphatic hydroxyl groups excluding tert-OH is 1. The molecule has 4 nitrogen and oxygen atoms in total.